The van der Waals surface area contributed by atoms with Crippen LogP contribution in [0.2, 0.25) is 0 Å². The molecule has 1 aliphatic heterocycles. The molecule has 26 heavy (non-hydrogen) atoms. The second-order valence-electron chi connectivity index (χ2n) is 7.18. The molecule has 5 heteroatoms. The molecule has 132 valence electrons. The van der Waals surface area contributed by atoms with Crippen molar-refractivity contribution in [3.8, 4) is 11.1 Å². The SMILES string of the molecule is O=C(C1CC1)N1CCC[C@@H]1c1nc2cc(-c3ccccc3F)ccc2o1. The second kappa shape index (κ2) is 5.94. The smallest absolute Gasteiger partial charge is 0.226 e. The van der Waals surface area contributed by atoms with E-state index in [1.54, 1.807) is 12.1 Å². The lowest BCUT2D eigenvalue weighted by molar-refractivity contribution is -0.133. The number of aromatic nitrogens is 1. The van der Waals surface area contributed by atoms with Crippen LogP contribution < -0.4 is 0 Å². The fourth-order valence-electron chi connectivity index (χ4n) is 3.80. The second-order valence-corrected chi connectivity index (χ2v) is 7.18. The average molecular weight is 350 g/mol. The zero-order valence-corrected chi connectivity index (χ0v) is 14.3. The lowest BCUT2D eigenvalue weighted by Gasteiger charge is -2.22. The highest BCUT2D eigenvalue weighted by molar-refractivity contribution is 5.82. The van der Waals surface area contributed by atoms with Crippen LogP contribution in [0.15, 0.2) is 46.9 Å². The van der Waals surface area contributed by atoms with Gasteiger partial charge in [0, 0.05) is 18.0 Å². The maximum Gasteiger partial charge on any atom is 0.226 e. The molecule has 1 aromatic heterocycles. The third-order valence-electron chi connectivity index (χ3n) is 5.34. The molecule has 0 spiro atoms. The topological polar surface area (TPSA) is 46.3 Å². The summed E-state index contributed by atoms with van der Waals surface area (Å²) in [6.07, 6.45) is 3.86. The van der Waals surface area contributed by atoms with E-state index in [0.717, 1.165) is 37.8 Å². The highest BCUT2D eigenvalue weighted by Crippen LogP contribution is 2.39. The monoisotopic (exact) mass is 350 g/mol. The molecule has 3 aromatic rings. The van der Waals surface area contributed by atoms with Gasteiger partial charge in [0.15, 0.2) is 5.58 Å². The van der Waals surface area contributed by atoms with E-state index in [4.69, 9.17) is 4.42 Å². The molecule has 1 atom stereocenters. The normalized spacial score (nSPS) is 20.0. The Morgan fingerprint density at radius 2 is 2.00 bits per heavy atom. The van der Waals surface area contributed by atoms with Crippen LogP contribution in [-0.4, -0.2) is 22.3 Å². The summed E-state index contributed by atoms with van der Waals surface area (Å²) in [5.74, 6) is 0.777. The van der Waals surface area contributed by atoms with Gasteiger partial charge in [-0.2, -0.15) is 0 Å². The van der Waals surface area contributed by atoms with Gasteiger partial charge >= 0.3 is 0 Å². The molecule has 1 amide bonds. The summed E-state index contributed by atoms with van der Waals surface area (Å²) in [5.41, 5.74) is 2.69. The largest absolute Gasteiger partial charge is 0.438 e. The summed E-state index contributed by atoms with van der Waals surface area (Å²) in [5, 5.41) is 0. The quantitative estimate of drug-likeness (QED) is 0.687. The molecule has 2 fully saturated rings. The Morgan fingerprint density at radius 1 is 1.15 bits per heavy atom. The number of hydrogen-bond acceptors (Lipinski definition) is 3. The molecule has 0 radical (unpaired) electrons. The minimum absolute atomic E-state index is 0.0765. The van der Waals surface area contributed by atoms with Crippen molar-refractivity contribution in [2.75, 3.05) is 6.54 Å². The Balaban J connectivity index is 1.50. The summed E-state index contributed by atoms with van der Waals surface area (Å²) in [6, 6.07) is 12.1. The molecule has 0 bridgehead atoms. The van der Waals surface area contributed by atoms with Crippen molar-refractivity contribution in [3.63, 3.8) is 0 Å². The van der Waals surface area contributed by atoms with Gasteiger partial charge in [-0.1, -0.05) is 24.3 Å². The van der Waals surface area contributed by atoms with E-state index in [9.17, 15) is 9.18 Å². The molecule has 0 unspecified atom stereocenters. The van der Waals surface area contributed by atoms with Crippen LogP contribution in [0.3, 0.4) is 0 Å². The highest BCUT2D eigenvalue weighted by Gasteiger charge is 2.40. The molecule has 1 saturated carbocycles. The van der Waals surface area contributed by atoms with E-state index in [1.165, 1.54) is 6.07 Å². The molecule has 0 N–H and O–H groups in total. The van der Waals surface area contributed by atoms with Gasteiger partial charge < -0.3 is 9.32 Å². The molecule has 4 nitrogen and oxygen atoms in total. The number of carbonyl (C=O) groups excluding carboxylic acids is 1. The van der Waals surface area contributed by atoms with E-state index < -0.39 is 0 Å². The number of oxazole rings is 1. The minimum atomic E-state index is -0.257. The molecule has 5 rings (SSSR count). The molecule has 2 aliphatic rings. The van der Waals surface area contributed by atoms with E-state index in [2.05, 4.69) is 4.98 Å². The summed E-state index contributed by atoms with van der Waals surface area (Å²) in [4.78, 5) is 19.1. The third kappa shape index (κ3) is 2.59. The maximum atomic E-state index is 14.1. The van der Waals surface area contributed by atoms with Crippen molar-refractivity contribution < 1.29 is 13.6 Å². The molecule has 1 saturated heterocycles. The van der Waals surface area contributed by atoms with Gasteiger partial charge in [-0.25, -0.2) is 9.37 Å². The zero-order valence-electron chi connectivity index (χ0n) is 14.3. The number of rotatable bonds is 3. The van der Waals surface area contributed by atoms with Gasteiger partial charge in [0.05, 0.1) is 0 Å². The number of benzene rings is 2. The van der Waals surface area contributed by atoms with Crippen LogP contribution in [0.1, 0.15) is 37.6 Å². The van der Waals surface area contributed by atoms with Gasteiger partial charge in [-0.15, -0.1) is 0 Å². The van der Waals surface area contributed by atoms with Crippen LogP contribution in [0, 0.1) is 11.7 Å². The standard InChI is InChI=1S/C21H19FN2O2/c22-16-5-2-1-4-15(16)14-9-10-19-17(12-14)23-20(26-19)18-6-3-11-24(18)21(25)13-7-8-13/h1-2,4-5,9-10,12-13,18H,3,6-8,11H2/t18-/m1/s1. The average Bonchev–Trinajstić information content (AvgIpc) is 3.23. The summed E-state index contributed by atoms with van der Waals surface area (Å²) < 4.78 is 20.0. The lowest BCUT2D eigenvalue weighted by Crippen LogP contribution is -2.31. The first-order valence-corrected chi connectivity index (χ1v) is 9.16. The predicted molar refractivity (Wildman–Crippen MR) is 95.8 cm³/mol. The van der Waals surface area contributed by atoms with Crippen LogP contribution in [0.5, 0.6) is 0 Å². The van der Waals surface area contributed by atoms with Crippen molar-refractivity contribution in [3.05, 3.63) is 54.2 Å². The molecule has 2 aromatic carbocycles. The van der Waals surface area contributed by atoms with Gasteiger partial charge in [0.2, 0.25) is 11.8 Å². The van der Waals surface area contributed by atoms with Crippen LogP contribution >= 0.6 is 0 Å². The Bertz CT molecular complexity index is 993. The number of carbonyl (C=O) groups is 1. The Hall–Kier alpha value is -2.69. The van der Waals surface area contributed by atoms with Crippen molar-refractivity contribution in [1.29, 1.82) is 0 Å². The number of halogens is 1. The van der Waals surface area contributed by atoms with Crippen LogP contribution in [-0.2, 0) is 4.79 Å². The van der Waals surface area contributed by atoms with Crippen molar-refractivity contribution in [2.24, 2.45) is 5.92 Å². The van der Waals surface area contributed by atoms with Crippen molar-refractivity contribution >= 4 is 17.0 Å². The van der Waals surface area contributed by atoms with Gasteiger partial charge in [-0.05, 0) is 49.4 Å². The first-order chi connectivity index (χ1) is 12.7. The number of fused-ring (bicyclic) bond motifs is 1. The maximum absolute atomic E-state index is 14.1. The number of nitrogens with zero attached hydrogens (tertiary/aromatic N) is 2. The fraction of sp³-hybridized carbons (Fsp3) is 0.333. The lowest BCUT2D eigenvalue weighted by atomic mass is 10.0. The molecule has 1 aliphatic carbocycles. The highest BCUT2D eigenvalue weighted by atomic mass is 19.1. The van der Waals surface area contributed by atoms with Crippen LogP contribution in [0.25, 0.3) is 22.2 Å². The van der Waals surface area contributed by atoms with E-state index in [0.29, 0.717) is 22.6 Å². The van der Waals surface area contributed by atoms with Crippen molar-refractivity contribution in [1.82, 2.24) is 9.88 Å². The van der Waals surface area contributed by atoms with Crippen LogP contribution in [0.4, 0.5) is 4.39 Å². The third-order valence-corrected chi connectivity index (χ3v) is 5.34. The first kappa shape index (κ1) is 15.6. The number of amides is 1. The summed E-state index contributed by atoms with van der Waals surface area (Å²) in [7, 11) is 0. The van der Waals surface area contributed by atoms with E-state index in [1.807, 2.05) is 29.2 Å². The Labute approximate surface area is 150 Å². The van der Waals surface area contributed by atoms with Gasteiger partial charge in [-0.3, -0.25) is 4.79 Å². The minimum Gasteiger partial charge on any atom is -0.438 e. The predicted octanol–water partition coefficient (Wildman–Crippen LogP) is 4.71. The Morgan fingerprint density at radius 3 is 2.81 bits per heavy atom. The first-order valence-electron chi connectivity index (χ1n) is 9.16. The summed E-state index contributed by atoms with van der Waals surface area (Å²) in [6.45, 7) is 0.777. The fourth-order valence-corrected chi connectivity index (χ4v) is 3.80. The number of likely N-dealkylation sites (tertiary alicyclic amines) is 1. The molecule has 2 heterocycles. The van der Waals surface area contributed by atoms with E-state index in [-0.39, 0.29) is 23.7 Å². The number of hydrogen-bond donors (Lipinski definition) is 0. The Kier molecular flexibility index (Phi) is 3.55. The van der Waals surface area contributed by atoms with E-state index >= 15 is 0 Å². The molecular formula is C21H19FN2O2. The summed E-state index contributed by atoms with van der Waals surface area (Å²) >= 11 is 0. The molecular weight excluding hydrogens is 331 g/mol. The van der Waals surface area contributed by atoms with Gasteiger partial charge in [0.1, 0.15) is 17.4 Å². The zero-order chi connectivity index (χ0) is 17.7. The van der Waals surface area contributed by atoms with Gasteiger partial charge in [0.25, 0.3) is 0 Å². The van der Waals surface area contributed by atoms with Crippen molar-refractivity contribution in [2.45, 2.75) is 31.7 Å².